The summed E-state index contributed by atoms with van der Waals surface area (Å²) in [4.78, 5) is 39.7. The number of nitrogens with one attached hydrogen (secondary N) is 2. The van der Waals surface area contributed by atoms with E-state index in [1.54, 1.807) is 12.1 Å². The minimum atomic E-state index is -1.04. The number of ether oxygens (including phenoxy) is 1. The summed E-state index contributed by atoms with van der Waals surface area (Å²) in [7, 11) is 1.88. The van der Waals surface area contributed by atoms with Gasteiger partial charge in [0.2, 0.25) is 5.91 Å². The van der Waals surface area contributed by atoms with Crippen LogP contribution in [0.4, 0.5) is 4.79 Å². The molecule has 0 heterocycles. The first-order valence-corrected chi connectivity index (χ1v) is 13.8. The van der Waals surface area contributed by atoms with Crippen molar-refractivity contribution in [2.45, 2.75) is 25.0 Å². The Morgan fingerprint density at radius 2 is 1.45 bits per heavy atom. The molecular weight excluding hydrogens is 530 g/mol. The first kappa shape index (κ1) is 28.6. The number of amides is 2. The molecule has 2 amide bonds. The molecule has 1 aliphatic carbocycles. The molecule has 0 saturated carbocycles. The highest BCUT2D eigenvalue weighted by Crippen LogP contribution is 2.44. The average molecular weight is 564 g/mol. The van der Waals surface area contributed by atoms with E-state index < -0.39 is 24.0 Å². The van der Waals surface area contributed by atoms with E-state index in [0.29, 0.717) is 12.1 Å². The maximum atomic E-state index is 13.3. The number of carboxylic acids is 1. The second-order valence-electron chi connectivity index (χ2n) is 10.4. The summed E-state index contributed by atoms with van der Waals surface area (Å²) < 4.78 is 5.71. The van der Waals surface area contributed by atoms with Crippen LogP contribution < -0.4 is 10.6 Å². The van der Waals surface area contributed by atoms with Gasteiger partial charge >= 0.3 is 12.1 Å². The van der Waals surface area contributed by atoms with Crippen LogP contribution in [-0.4, -0.2) is 54.2 Å². The Labute approximate surface area is 244 Å². The van der Waals surface area contributed by atoms with Crippen molar-refractivity contribution < 1.29 is 24.2 Å². The highest BCUT2D eigenvalue weighted by atomic mass is 16.5. The van der Waals surface area contributed by atoms with Crippen LogP contribution in [0.1, 0.15) is 38.5 Å². The van der Waals surface area contributed by atoms with Crippen molar-refractivity contribution in [3.63, 3.8) is 0 Å². The van der Waals surface area contributed by atoms with Crippen molar-refractivity contribution in [2.75, 3.05) is 20.2 Å². The predicted molar refractivity (Wildman–Crippen MR) is 160 cm³/mol. The van der Waals surface area contributed by atoms with Crippen molar-refractivity contribution in [1.82, 2.24) is 15.5 Å². The number of carbonyl (C=O) groups excluding carboxylic acids is 2. The molecule has 8 heteroatoms. The molecule has 5 rings (SSSR count). The Kier molecular flexibility index (Phi) is 8.94. The van der Waals surface area contributed by atoms with E-state index in [9.17, 15) is 19.5 Å². The molecule has 214 valence electrons. The monoisotopic (exact) mass is 563 g/mol. The number of hydrogen-bond donors (Lipinski definition) is 3. The fourth-order valence-corrected chi connectivity index (χ4v) is 5.37. The summed E-state index contributed by atoms with van der Waals surface area (Å²) in [5, 5.41) is 14.9. The lowest BCUT2D eigenvalue weighted by Gasteiger charge is -2.25. The first-order chi connectivity index (χ1) is 20.4. The number of rotatable bonds is 11. The van der Waals surface area contributed by atoms with Gasteiger partial charge in [0.15, 0.2) is 0 Å². The maximum absolute atomic E-state index is 13.3. The van der Waals surface area contributed by atoms with Crippen LogP contribution in [0.25, 0.3) is 11.1 Å². The van der Waals surface area contributed by atoms with Gasteiger partial charge in [0, 0.05) is 25.6 Å². The summed E-state index contributed by atoms with van der Waals surface area (Å²) in [5.41, 5.74) is 6.32. The van der Waals surface area contributed by atoms with Gasteiger partial charge in [-0.1, -0.05) is 91.0 Å². The highest BCUT2D eigenvalue weighted by molar-refractivity contribution is 5.88. The third kappa shape index (κ3) is 6.85. The number of nitrogens with zero attached hydrogens (tertiary/aromatic N) is 1. The van der Waals surface area contributed by atoms with E-state index in [4.69, 9.17) is 4.74 Å². The van der Waals surface area contributed by atoms with Crippen molar-refractivity contribution in [2.24, 2.45) is 0 Å². The van der Waals surface area contributed by atoms with Gasteiger partial charge in [0.1, 0.15) is 12.6 Å². The highest BCUT2D eigenvalue weighted by Gasteiger charge is 2.30. The van der Waals surface area contributed by atoms with E-state index in [1.165, 1.54) is 12.1 Å². The van der Waals surface area contributed by atoms with Crippen molar-refractivity contribution >= 4 is 18.0 Å². The molecule has 1 unspecified atom stereocenters. The van der Waals surface area contributed by atoms with Crippen LogP contribution in [0, 0.1) is 0 Å². The van der Waals surface area contributed by atoms with Crippen LogP contribution >= 0.6 is 0 Å². The smallest absolute Gasteiger partial charge is 0.407 e. The largest absolute Gasteiger partial charge is 0.478 e. The molecule has 0 bridgehead atoms. The molecule has 1 atom stereocenters. The third-order valence-corrected chi connectivity index (χ3v) is 7.38. The Morgan fingerprint density at radius 3 is 2.12 bits per heavy atom. The number of fused-ring (bicyclic) bond motifs is 3. The molecule has 1 aliphatic rings. The number of carboxylic acid groups (broad SMARTS) is 1. The zero-order valence-electron chi connectivity index (χ0n) is 23.3. The fraction of sp³-hybridized carbons (Fsp3) is 0.206. The maximum Gasteiger partial charge on any atom is 0.407 e. The molecule has 0 aliphatic heterocycles. The van der Waals surface area contributed by atoms with Gasteiger partial charge in [-0.2, -0.15) is 0 Å². The lowest BCUT2D eigenvalue weighted by molar-refractivity contribution is -0.123. The normalized spacial score (nSPS) is 12.7. The number of likely N-dealkylation sites (N-methyl/N-ethyl adjacent to an activating group) is 1. The zero-order valence-corrected chi connectivity index (χ0v) is 23.3. The molecule has 3 N–H and O–H groups in total. The number of carbonyl (C=O) groups is 3. The Hall–Kier alpha value is -4.95. The molecule has 0 fully saturated rings. The molecule has 8 nitrogen and oxygen atoms in total. The van der Waals surface area contributed by atoms with Crippen molar-refractivity contribution in [3.8, 4) is 11.1 Å². The number of aromatic carboxylic acids is 1. The number of benzene rings is 4. The molecule has 0 spiro atoms. The molecule has 0 radical (unpaired) electrons. The van der Waals surface area contributed by atoms with Crippen molar-refractivity contribution in [1.29, 1.82) is 0 Å². The summed E-state index contributed by atoms with van der Waals surface area (Å²) in [6.07, 6.45) is -0.682. The van der Waals surface area contributed by atoms with Gasteiger partial charge in [0.25, 0.3) is 0 Å². The summed E-state index contributed by atoms with van der Waals surface area (Å²) in [6.45, 7) is 1.07. The van der Waals surface area contributed by atoms with E-state index in [-0.39, 0.29) is 31.2 Å². The van der Waals surface area contributed by atoms with Crippen LogP contribution in [0.15, 0.2) is 103 Å². The second-order valence-corrected chi connectivity index (χ2v) is 10.4. The van der Waals surface area contributed by atoms with E-state index in [0.717, 1.165) is 27.8 Å². The fourth-order valence-electron chi connectivity index (χ4n) is 5.37. The Balaban J connectivity index is 1.25. The predicted octanol–water partition coefficient (Wildman–Crippen LogP) is 5.04. The first-order valence-electron chi connectivity index (χ1n) is 13.8. The topological polar surface area (TPSA) is 108 Å². The van der Waals surface area contributed by atoms with Gasteiger partial charge < -0.3 is 20.5 Å². The van der Waals surface area contributed by atoms with Gasteiger partial charge in [-0.3, -0.25) is 9.69 Å². The molecule has 0 saturated heterocycles. The van der Waals surface area contributed by atoms with Gasteiger partial charge in [0.05, 0.1) is 5.56 Å². The molecular formula is C34H33N3O5. The number of hydrogen-bond acceptors (Lipinski definition) is 5. The molecule has 4 aromatic carbocycles. The third-order valence-electron chi connectivity index (χ3n) is 7.38. The zero-order chi connectivity index (χ0) is 29.5. The molecule has 42 heavy (non-hydrogen) atoms. The quantitative estimate of drug-likeness (QED) is 0.236. The van der Waals surface area contributed by atoms with E-state index in [2.05, 4.69) is 34.9 Å². The average Bonchev–Trinajstić information content (AvgIpc) is 3.32. The van der Waals surface area contributed by atoms with Crippen LogP contribution in [0.2, 0.25) is 0 Å². The SMILES string of the molecule is CN(Cc1ccccc1)CC(NC(=O)OCC1c2ccccc2-c2ccccc21)C(=O)NCc1cccc(C(=O)O)c1. The van der Waals surface area contributed by atoms with Crippen LogP contribution in [-0.2, 0) is 22.6 Å². The molecule has 4 aromatic rings. The van der Waals surface area contributed by atoms with Gasteiger partial charge in [-0.25, -0.2) is 9.59 Å². The number of alkyl carbamates (subject to hydrolysis) is 1. The Morgan fingerprint density at radius 1 is 0.833 bits per heavy atom. The lowest BCUT2D eigenvalue weighted by atomic mass is 9.98. The van der Waals surface area contributed by atoms with Gasteiger partial charge in [-0.15, -0.1) is 0 Å². The van der Waals surface area contributed by atoms with E-state index in [1.807, 2.05) is 66.5 Å². The molecule has 0 aromatic heterocycles. The van der Waals surface area contributed by atoms with E-state index >= 15 is 0 Å². The summed E-state index contributed by atoms with van der Waals surface area (Å²) in [5.74, 6) is -1.54. The Bertz CT molecular complexity index is 1530. The minimum absolute atomic E-state index is 0.0994. The summed E-state index contributed by atoms with van der Waals surface area (Å²) >= 11 is 0. The van der Waals surface area contributed by atoms with Gasteiger partial charge in [-0.05, 0) is 52.6 Å². The standard InChI is InChI=1S/C34H33N3O5/c1-37(20-23-10-3-2-4-11-23)21-31(32(38)35-19-24-12-9-13-25(18-24)33(39)40)36-34(41)42-22-30-28-16-7-5-14-26(28)27-15-6-8-17-29(27)30/h2-18,30-31H,19-22H2,1H3,(H,35,38)(H,36,41)(H,39,40). The summed E-state index contributed by atoms with van der Waals surface area (Å²) in [6, 6.07) is 31.5. The lowest BCUT2D eigenvalue weighted by Crippen LogP contribution is -2.52. The van der Waals surface area contributed by atoms with Crippen molar-refractivity contribution in [3.05, 3.63) is 131 Å². The second kappa shape index (κ2) is 13.1. The van der Waals surface area contributed by atoms with Crippen LogP contribution in [0.3, 0.4) is 0 Å². The minimum Gasteiger partial charge on any atom is -0.478 e. The van der Waals surface area contributed by atoms with Crippen LogP contribution in [0.5, 0.6) is 0 Å².